The molecule has 4 nitrogen and oxygen atoms in total. The molecule has 0 fully saturated rings. The molecule has 0 unspecified atom stereocenters. The zero-order chi connectivity index (χ0) is 8.72. The molecule has 2 aromatic heterocycles. The Bertz CT molecular complexity index is 538. The first-order valence-electron chi connectivity index (χ1n) is 3.22. The topological polar surface area (TPSA) is 63.1 Å². The van der Waals surface area contributed by atoms with Crippen LogP contribution in [0.4, 0.5) is 0 Å². The van der Waals surface area contributed by atoms with Gasteiger partial charge in [0.05, 0.1) is 0 Å². The van der Waals surface area contributed by atoms with Gasteiger partial charge in [-0.2, -0.15) is 0 Å². The van der Waals surface area contributed by atoms with Gasteiger partial charge in [0, 0.05) is 32.7 Å². The van der Waals surface area contributed by atoms with Crippen LogP contribution in [0.5, 0.6) is 0 Å². The molecule has 1 radical (unpaired) electrons. The number of rotatable bonds is 0. The molecule has 2 aromatic rings. The van der Waals surface area contributed by atoms with E-state index >= 15 is 0 Å². The van der Waals surface area contributed by atoms with Gasteiger partial charge < -0.3 is 9.40 Å². The average Bonchev–Trinajstić information content (AvgIpc) is 2.29. The van der Waals surface area contributed by atoms with Crippen LogP contribution in [0, 0.1) is 13.0 Å². The van der Waals surface area contributed by atoms with Gasteiger partial charge in [0.2, 0.25) is 0 Å². The van der Waals surface area contributed by atoms with Crippen molar-refractivity contribution in [2.75, 3.05) is 0 Å². The van der Waals surface area contributed by atoms with Crippen molar-refractivity contribution < 1.29 is 37.1 Å². The monoisotopic (exact) mass is 271 g/mol. The van der Waals surface area contributed by atoms with Crippen LogP contribution in [0.3, 0.4) is 0 Å². The molecule has 65 valence electrons. The maximum atomic E-state index is 11.0. The number of aromatic nitrogens is 1. The van der Waals surface area contributed by atoms with Gasteiger partial charge in [0.1, 0.15) is 0 Å². The summed E-state index contributed by atoms with van der Waals surface area (Å²) >= 11 is 1.26. The second kappa shape index (κ2) is 3.86. The molecule has 2 rings (SSSR count). The Balaban J connectivity index is 0.000000845. The number of aryl methyl sites for hydroxylation is 1. The van der Waals surface area contributed by atoms with Crippen molar-refractivity contribution in [2.24, 2.45) is 0 Å². The van der Waals surface area contributed by atoms with Crippen LogP contribution in [-0.2, 0) is 32.7 Å². The Kier molecular flexibility index (Phi) is 3.21. The largest absolute Gasteiger partial charge is 0.415 e. The van der Waals surface area contributed by atoms with E-state index in [2.05, 4.69) is 15.5 Å². The first-order valence-corrected chi connectivity index (χ1v) is 4.04. The zero-order valence-electron chi connectivity index (χ0n) is 6.71. The van der Waals surface area contributed by atoms with Crippen LogP contribution >= 0.6 is 11.3 Å². The van der Waals surface area contributed by atoms with Crippen LogP contribution in [0.15, 0.2) is 14.0 Å². The zero-order valence-corrected chi connectivity index (χ0v) is 10.4. The minimum absolute atomic E-state index is 0. The number of H-pyrrole nitrogens is 1. The molecule has 0 aliphatic heterocycles. The first kappa shape index (κ1) is 10.8. The minimum atomic E-state index is -0.735. The molecule has 0 aliphatic carbocycles. The van der Waals surface area contributed by atoms with Gasteiger partial charge in [-0.3, -0.25) is 16.1 Å². The molecular formula is C7H4NO3SY-. The van der Waals surface area contributed by atoms with E-state index in [0.29, 0.717) is 10.2 Å². The molecule has 1 N–H and O–H groups in total. The summed E-state index contributed by atoms with van der Waals surface area (Å²) in [5, 5.41) is 0. The van der Waals surface area contributed by atoms with Gasteiger partial charge in [-0.15, -0.1) is 10.4 Å². The number of thiophene rings is 1. The predicted octanol–water partition coefficient (Wildman–Crippen LogP) is 0.649. The number of hydrogen-bond donors (Lipinski definition) is 1. The number of hydrogen-bond acceptors (Lipinski definition) is 4. The van der Waals surface area contributed by atoms with E-state index in [1.165, 1.54) is 11.3 Å². The maximum Gasteiger partial charge on any atom is 0.415 e. The Morgan fingerprint density at radius 3 is 2.85 bits per heavy atom. The van der Waals surface area contributed by atoms with Crippen molar-refractivity contribution in [1.82, 2.24) is 4.98 Å². The third-order valence-electron chi connectivity index (χ3n) is 1.38. The smallest absolute Gasteiger partial charge is 0.387 e. The molecule has 13 heavy (non-hydrogen) atoms. The predicted molar refractivity (Wildman–Crippen MR) is 44.6 cm³/mol. The fourth-order valence-corrected chi connectivity index (χ4v) is 1.74. The standard InChI is InChI=1S/C7H4NO3S.Y/c1-3-2-4-5(12-3)6(9)11-7(10)8-4;/h1H3,(H,8,10);/q-1;. The van der Waals surface area contributed by atoms with Crippen molar-refractivity contribution in [2.45, 2.75) is 6.92 Å². The number of aromatic amines is 1. The minimum Gasteiger partial charge on any atom is -0.387 e. The summed E-state index contributed by atoms with van der Waals surface area (Å²) < 4.78 is 4.74. The SMILES string of the molecule is Cc1[c-]c2[nH]c(=O)oc(=O)c2s1.[Y]. The molecule has 0 saturated carbocycles. The normalized spacial score (nSPS) is 9.92. The third-order valence-corrected chi connectivity index (χ3v) is 2.36. The molecule has 0 aliphatic rings. The van der Waals surface area contributed by atoms with Crippen LogP contribution in [0.2, 0.25) is 0 Å². The summed E-state index contributed by atoms with van der Waals surface area (Å²) in [5.41, 5.74) is -0.165. The van der Waals surface area contributed by atoms with Gasteiger partial charge in [0.15, 0.2) is 0 Å². The van der Waals surface area contributed by atoms with E-state index in [4.69, 9.17) is 0 Å². The second-order valence-electron chi connectivity index (χ2n) is 2.29. The van der Waals surface area contributed by atoms with Crippen molar-refractivity contribution >= 4 is 21.6 Å². The van der Waals surface area contributed by atoms with E-state index < -0.39 is 11.4 Å². The molecular weight excluding hydrogens is 267 g/mol. The van der Waals surface area contributed by atoms with Crippen molar-refractivity contribution in [1.29, 1.82) is 0 Å². The van der Waals surface area contributed by atoms with E-state index in [1.807, 2.05) is 6.92 Å². The third kappa shape index (κ3) is 1.98. The maximum absolute atomic E-state index is 11.0. The summed E-state index contributed by atoms with van der Waals surface area (Å²) in [6, 6.07) is 2.84. The van der Waals surface area contributed by atoms with Gasteiger partial charge >= 0.3 is 5.76 Å². The van der Waals surface area contributed by atoms with Crippen LogP contribution in [0.1, 0.15) is 4.88 Å². The summed E-state index contributed by atoms with van der Waals surface area (Å²) in [5.74, 6) is -0.735. The number of fused-ring (bicyclic) bond motifs is 1. The van der Waals surface area contributed by atoms with Crippen LogP contribution in [-0.4, -0.2) is 4.98 Å². The van der Waals surface area contributed by atoms with Crippen molar-refractivity contribution in [3.8, 4) is 0 Å². The fraction of sp³-hybridized carbons (Fsp3) is 0.143. The van der Waals surface area contributed by atoms with Crippen molar-refractivity contribution in [3.05, 3.63) is 31.9 Å². The van der Waals surface area contributed by atoms with Crippen molar-refractivity contribution in [3.63, 3.8) is 0 Å². The number of nitrogens with one attached hydrogen (secondary N) is 1. The van der Waals surface area contributed by atoms with E-state index in [1.54, 1.807) is 0 Å². The summed E-state index contributed by atoms with van der Waals surface area (Å²) in [6.45, 7) is 1.81. The van der Waals surface area contributed by atoms with E-state index in [0.717, 1.165) is 4.88 Å². The Labute approximate surface area is 102 Å². The summed E-state index contributed by atoms with van der Waals surface area (Å²) in [7, 11) is 0. The second-order valence-corrected chi connectivity index (χ2v) is 3.51. The Morgan fingerprint density at radius 2 is 2.15 bits per heavy atom. The molecule has 0 bridgehead atoms. The Hall–Kier alpha value is -0.256. The molecule has 0 spiro atoms. The molecule has 0 amide bonds. The van der Waals surface area contributed by atoms with Gasteiger partial charge in [0.25, 0.3) is 5.63 Å². The first-order chi connectivity index (χ1) is 5.66. The van der Waals surface area contributed by atoms with Gasteiger partial charge in [-0.05, 0) is 11.6 Å². The van der Waals surface area contributed by atoms with Crippen LogP contribution in [0.25, 0.3) is 10.2 Å². The summed E-state index contributed by atoms with van der Waals surface area (Å²) in [4.78, 5) is 24.9. The van der Waals surface area contributed by atoms with Crippen LogP contribution < -0.4 is 11.4 Å². The van der Waals surface area contributed by atoms with E-state index in [9.17, 15) is 9.59 Å². The molecule has 0 atom stereocenters. The van der Waals surface area contributed by atoms with E-state index in [-0.39, 0.29) is 32.7 Å². The fourth-order valence-electron chi connectivity index (χ4n) is 0.952. The molecule has 0 aromatic carbocycles. The summed E-state index contributed by atoms with van der Waals surface area (Å²) in [6.07, 6.45) is 0. The van der Waals surface area contributed by atoms with Gasteiger partial charge in [-0.1, -0.05) is 0 Å². The average molecular weight is 271 g/mol. The quantitative estimate of drug-likeness (QED) is 0.715. The molecule has 2 heterocycles. The molecule has 0 saturated heterocycles. The van der Waals surface area contributed by atoms with Gasteiger partial charge in [-0.25, -0.2) is 10.9 Å². The molecule has 6 heteroatoms. The Morgan fingerprint density at radius 1 is 1.46 bits per heavy atom.